The molecule has 1 N–H and O–H groups in total. The van der Waals surface area contributed by atoms with Crippen LogP contribution in [0.25, 0.3) is 0 Å². The van der Waals surface area contributed by atoms with E-state index in [1.807, 2.05) is 0 Å². The molecule has 2 atom stereocenters. The Morgan fingerprint density at radius 3 is 2.44 bits per heavy atom. The summed E-state index contributed by atoms with van der Waals surface area (Å²) in [5, 5.41) is 3.49. The van der Waals surface area contributed by atoms with Gasteiger partial charge in [-0.15, -0.1) is 0 Å². The summed E-state index contributed by atoms with van der Waals surface area (Å²) < 4.78 is 5.12. The molecule has 2 aliphatic rings. The number of unbranched alkanes of at least 4 members (excludes halogenated alkanes) is 2. The number of nitrogens with zero attached hydrogens (tertiary/aromatic N) is 1. The number of fused-ring (bicyclic) bond motifs is 2. The minimum Gasteiger partial charge on any atom is -0.385 e. The Kier molecular flexibility index (Phi) is 5.93. The number of methoxy groups -OCH3 is 1. The third kappa shape index (κ3) is 3.69. The number of ether oxygens (including phenoxy) is 1. The first-order chi connectivity index (χ1) is 8.85. The monoisotopic (exact) mass is 254 g/mol. The molecule has 2 aliphatic heterocycles. The lowest BCUT2D eigenvalue weighted by molar-refractivity contribution is 0.0243. The predicted molar refractivity (Wildman–Crippen MR) is 75.9 cm³/mol. The molecule has 0 aliphatic carbocycles. The van der Waals surface area contributed by atoms with E-state index < -0.39 is 0 Å². The lowest BCUT2D eigenvalue weighted by Gasteiger charge is -2.49. The summed E-state index contributed by atoms with van der Waals surface area (Å²) in [6.45, 7) is 2.24. The van der Waals surface area contributed by atoms with Gasteiger partial charge in [0.2, 0.25) is 0 Å². The van der Waals surface area contributed by atoms with Gasteiger partial charge in [0.1, 0.15) is 0 Å². The molecule has 106 valence electrons. The third-order valence-corrected chi connectivity index (χ3v) is 4.80. The van der Waals surface area contributed by atoms with Gasteiger partial charge in [-0.1, -0.05) is 6.42 Å². The first-order valence-corrected chi connectivity index (χ1v) is 7.77. The quantitative estimate of drug-likeness (QED) is 0.706. The average Bonchev–Trinajstić information content (AvgIpc) is 2.37. The Bertz CT molecular complexity index is 221. The zero-order valence-electron chi connectivity index (χ0n) is 12.2. The highest BCUT2D eigenvalue weighted by Gasteiger charge is 2.36. The summed E-state index contributed by atoms with van der Waals surface area (Å²) in [5.41, 5.74) is 0. The molecule has 2 heterocycles. The molecule has 2 unspecified atom stereocenters. The van der Waals surface area contributed by atoms with Gasteiger partial charge in [-0.25, -0.2) is 0 Å². The minimum absolute atomic E-state index is 0.769. The summed E-state index contributed by atoms with van der Waals surface area (Å²) in [4.78, 5) is 2.82. The van der Waals surface area contributed by atoms with E-state index in [0.717, 1.165) is 24.7 Å². The van der Waals surface area contributed by atoms with Crippen LogP contribution in [0.1, 0.15) is 51.4 Å². The highest BCUT2D eigenvalue weighted by molar-refractivity contribution is 4.94. The number of nitrogens with one attached hydrogen (secondary N) is 1. The van der Waals surface area contributed by atoms with Crippen molar-refractivity contribution in [2.75, 3.05) is 27.3 Å². The molecule has 3 heteroatoms. The molecule has 2 saturated heterocycles. The van der Waals surface area contributed by atoms with Crippen LogP contribution in [-0.2, 0) is 4.74 Å². The van der Waals surface area contributed by atoms with Gasteiger partial charge < -0.3 is 10.1 Å². The van der Waals surface area contributed by atoms with Crippen molar-refractivity contribution in [3.63, 3.8) is 0 Å². The Balaban J connectivity index is 1.74. The summed E-state index contributed by atoms with van der Waals surface area (Å²) >= 11 is 0. The van der Waals surface area contributed by atoms with Crippen LogP contribution in [0.2, 0.25) is 0 Å². The fourth-order valence-electron chi connectivity index (χ4n) is 3.80. The van der Waals surface area contributed by atoms with Crippen molar-refractivity contribution in [1.82, 2.24) is 10.2 Å². The van der Waals surface area contributed by atoms with Gasteiger partial charge in [0.25, 0.3) is 0 Å². The first kappa shape index (κ1) is 14.3. The third-order valence-electron chi connectivity index (χ3n) is 4.80. The van der Waals surface area contributed by atoms with Crippen LogP contribution < -0.4 is 5.32 Å². The number of rotatable bonds is 7. The molecule has 0 spiro atoms. The highest BCUT2D eigenvalue weighted by Crippen LogP contribution is 2.34. The van der Waals surface area contributed by atoms with Crippen molar-refractivity contribution in [2.24, 2.45) is 0 Å². The number of hydrogen-bond acceptors (Lipinski definition) is 3. The van der Waals surface area contributed by atoms with E-state index in [1.165, 1.54) is 57.9 Å². The van der Waals surface area contributed by atoms with E-state index in [2.05, 4.69) is 17.3 Å². The van der Waals surface area contributed by atoms with Crippen molar-refractivity contribution in [3.8, 4) is 0 Å². The van der Waals surface area contributed by atoms with Crippen LogP contribution in [0.5, 0.6) is 0 Å². The van der Waals surface area contributed by atoms with E-state index in [4.69, 9.17) is 4.74 Å². The normalized spacial score (nSPS) is 32.7. The van der Waals surface area contributed by atoms with Crippen molar-refractivity contribution in [3.05, 3.63) is 0 Å². The summed E-state index contributed by atoms with van der Waals surface area (Å²) in [6, 6.07) is 2.49. The van der Waals surface area contributed by atoms with Gasteiger partial charge in [-0.05, 0) is 58.5 Å². The SMILES string of the molecule is CNC1CC2CCCC(C1)N2CCCCCOC. The molecule has 18 heavy (non-hydrogen) atoms. The van der Waals surface area contributed by atoms with Crippen LogP contribution in [0, 0.1) is 0 Å². The van der Waals surface area contributed by atoms with Gasteiger partial charge in [-0.2, -0.15) is 0 Å². The Labute approximate surface area is 112 Å². The van der Waals surface area contributed by atoms with Gasteiger partial charge >= 0.3 is 0 Å². The van der Waals surface area contributed by atoms with Crippen LogP contribution in [-0.4, -0.2) is 50.3 Å². The maximum absolute atomic E-state index is 5.12. The van der Waals surface area contributed by atoms with Crippen LogP contribution in [0.4, 0.5) is 0 Å². The molecule has 0 aromatic carbocycles. The fourth-order valence-corrected chi connectivity index (χ4v) is 3.80. The van der Waals surface area contributed by atoms with E-state index in [-0.39, 0.29) is 0 Å². The largest absolute Gasteiger partial charge is 0.385 e. The molecule has 0 saturated carbocycles. The molecular formula is C15H30N2O. The Hall–Kier alpha value is -0.120. The van der Waals surface area contributed by atoms with Gasteiger partial charge in [0.15, 0.2) is 0 Å². The van der Waals surface area contributed by atoms with Crippen molar-refractivity contribution in [1.29, 1.82) is 0 Å². The second-order valence-corrected chi connectivity index (χ2v) is 5.99. The molecule has 0 aromatic rings. The standard InChI is InChI=1S/C15H30N2O/c1-16-13-11-14-7-6-8-15(12-13)17(14)9-4-3-5-10-18-2/h13-16H,3-12H2,1-2H3. The summed E-state index contributed by atoms with van der Waals surface area (Å²) in [6.07, 6.45) is 10.9. The lowest BCUT2D eigenvalue weighted by Crippen LogP contribution is -2.55. The molecular weight excluding hydrogens is 224 g/mol. The van der Waals surface area contributed by atoms with E-state index in [9.17, 15) is 0 Å². The van der Waals surface area contributed by atoms with Gasteiger partial charge in [0.05, 0.1) is 0 Å². The topological polar surface area (TPSA) is 24.5 Å². The highest BCUT2D eigenvalue weighted by atomic mass is 16.5. The second kappa shape index (κ2) is 7.46. The smallest absolute Gasteiger partial charge is 0.0462 e. The molecule has 2 rings (SSSR count). The molecule has 0 aromatic heterocycles. The van der Waals surface area contributed by atoms with Crippen LogP contribution in [0.3, 0.4) is 0 Å². The molecule has 3 nitrogen and oxygen atoms in total. The number of piperidine rings is 2. The van der Waals surface area contributed by atoms with Crippen molar-refractivity contribution in [2.45, 2.75) is 69.5 Å². The average molecular weight is 254 g/mol. The van der Waals surface area contributed by atoms with Gasteiger partial charge in [-0.3, -0.25) is 4.90 Å². The maximum atomic E-state index is 5.12. The Morgan fingerprint density at radius 2 is 1.83 bits per heavy atom. The van der Waals surface area contributed by atoms with Crippen LogP contribution in [0.15, 0.2) is 0 Å². The second-order valence-electron chi connectivity index (χ2n) is 5.99. The molecule has 2 fully saturated rings. The fraction of sp³-hybridized carbons (Fsp3) is 1.00. The van der Waals surface area contributed by atoms with Crippen molar-refractivity contribution >= 4 is 0 Å². The molecule has 0 amide bonds. The predicted octanol–water partition coefficient (Wildman–Crippen LogP) is 2.41. The van der Waals surface area contributed by atoms with E-state index >= 15 is 0 Å². The maximum Gasteiger partial charge on any atom is 0.0462 e. The Morgan fingerprint density at radius 1 is 1.11 bits per heavy atom. The molecule has 0 radical (unpaired) electrons. The lowest BCUT2D eigenvalue weighted by atomic mass is 9.81. The molecule has 2 bridgehead atoms. The zero-order valence-corrected chi connectivity index (χ0v) is 12.2. The number of hydrogen-bond donors (Lipinski definition) is 1. The zero-order chi connectivity index (χ0) is 12.8. The van der Waals surface area contributed by atoms with E-state index in [1.54, 1.807) is 7.11 Å². The summed E-state index contributed by atoms with van der Waals surface area (Å²) in [7, 11) is 3.92. The van der Waals surface area contributed by atoms with Crippen LogP contribution >= 0.6 is 0 Å². The van der Waals surface area contributed by atoms with Crippen molar-refractivity contribution < 1.29 is 4.74 Å². The first-order valence-electron chi connectivity index (χ1n) is 7.77. The van der Waals surface area contributed by atoms with E-state index in [0.29, 0.717) is 0 Å². The summed E-state index contributed by atoms with van der Waals surface area (Å²) in [5.74, 6) is 0. The minimum atomic E-state index is 0.769. The van der Waals surface area contributed by atoms with Gasteiger partial charge in [0, 0.05) is 31.8 Å².